The summed E-state index contributed by atoms with van der Waals surface area (Å²) in [6.45, 7) is 1.24. The first-order chi connectivity index (χ1) is 3.55. The molecule has 0 aromatic rings. The Hall–Kier alpha value is -0.430. The highest BCUT2D eigenvalue weighted by molar-refractivity contribution is 7.21. The van der Waals surface area contributed by atoms with Crippen LogP contribution in [0.5, 0.6) is 0 Å². The number of rotatable bonds is 2. The van der Waals surface area contributed by atoms with Gasteiger partial charge in [0.15, 0.2) is 0 Å². The van der Waals surface area contributed by atoms with E-state index >= 15 is 0 Å². The topological polar surface area (TPSA) is 54.4 Å². The summed E-state index contributed by atoms with van der Waals surface area (Å²) in [5, 5.41) is 8.11. The van der Waals surface area contributed by atoms with Gasteiger partial charge in [-0.25, -0.2) is 0 Å². The number of hydrogen-bond acceptors (Lipinski definition) is 2. The number of carbonyl (C=O) groups is 2. The van der Waals surface area contributed by atoms with Crippen LogP contribution in [0.1, 0.15) is 6.92 Å². The first kappa shape index (κ1) is 7.57. The SMILES string of the molecule is CC(=O)C(P)C(=O)O. The highest BCUT2D eigenvalue weighted by Crippen LogP contribution is 1.99. The van der Waals surface area contributed by atoms with E-state index < -0.39 is 11.6 Å². The molecular weight excluding hydrogens is 127 g/mol. The number of ketones is 1. The molecule has 0 aliphatic carbocycles. The van der Waals surface area contributed by atoms with Gasteiger partial charge in [-0.2, -0.15) is 0 Å². The molecule has 0 heterocycles. The molecule has 2 unspecified atom stereocenters. The zero-order valence-electron chi connectivity index (χ0n) is 4.42. The Bertz CT molecular complexity index is 106. The lowest BCUT2D eigenvalue weighted by molar-refractivity contribution is -0.139. The molecule has 2 atom stereocenters. The lowest BCUT2D eigenvalue weighted by Crippen LogP contribution is -2.20. The second-order valence-electron chi connectivity index (χ2n) is 1.43. The van der Waals surface area contributed by atoms with E-state index in [0.717, 1.165) is 0 Å². The third-order valence-electron chi connectivity index (χ3n) is 0.704. The molecule has 0 aromatic carbocycles. The van der Waals surface area contributed by atoms with E-state index in [2.05, 4.69) is 0 Å². The molecule has 8 heavy (non-hydrogen) atoms. The summed E-state index contributed by atoms with van der Waals surface area (Å²) in [7, 11) is 1.94. The average Bonchev–Trinajstić information content (AvgIpc) is 1.64. The maximum Gasteiger partial charge on any atom is 0.317 e. The molecule has 4 heteroatoms. The van der Waals surface area contributed by atoms with Gasteiger partial charge in [0.1, 0.15) is 11.4 Å². The Morgan fingerprint density at radius 1 is 1.62 bits per heavy atom. The quantitative estimate of drug-likeness (QED) is 0.424. The van der Waals surface area contributed by atoms with E-state index in [1.165, 1.54) is 6.92 Å². The third kappa shape index (κ3) is 2.03. The Labute approximate surface area is 49.3 Å². The third-order valence-corrected chi connectivity index (χ3v) is 1.46. The van der Waals surface area contributed by atoms with Crippen LogP contribution < -0.4 is 0 Å². The van der Waals surface area contributed by atoms with Gasteiger partial charge in [-0.3, -0.25) is 9.59 Å². The number of aliphatic carboxylic acids is 1. The summed E-state index contributed by atoms with van der Waals surface area (Å²) >= 11 is 0. The van der Waals surface area contributed by atoms with E-state index in [0.29, 0.717) is 0 Å². The summed E-state index contributed by atoms with van der Waals surface area (Å²) in [6, 6.07) is 0. The zero-order chi connectivity index (χ0) is 6.73. The van der Waals surface area contributed by atoms with Gasteiger partial charge in [0.05, 0.1) is 0 Å². The molecule has 0 spiro atoms. The van der Waals surface area contributed by atoms with Crippen molar-refractivity contribution in [3.05, 3.63) is 0 Å². The van der Waals surface area contributed by atoms with Gasteiger partial charge in [-0.15, -0.1) is 9.24 Å². The molecule has 1 N–H and O–H groups in total. The number of hydrogen-bond donors (Lipinski definition) is 1. The number of Topliss-reactive ketones (excluding diaryl/α,β-unsaturated/α-hetero) is 1. The minimum atomic E-state index is -1.09. The summed E-state index contributed by atoms with van der Waals surface area (Å²) < 4.78 is 0. The highest BCUT2D eigenvalue weighted by Gasteiger charge is 2.14. The molecule has 0 aromatic heterocycles. The largest absolute Gasteiger partial charge is 0.480 e. The van der Waals surface area contributed by atoms with Crippen molar-refractivity contribution in [2.75, 3.05) is 0 Å². The molecule has 0 radical (unpaired) electrons. The normalized spacial score (nSPS) is 12.8. The molecule has 0 rings (SSSR count). The van der Waals surface area contributed by atoms with Gasteiger partial charge < -0.3 is 5.11 Å². The fourth-order valence-corrected chi connectivity index (χ4v) is 0.174. The van der Waals surface area contributed by atoms with Gasteiger partial charge in [0.2, 0.25) is 0 Å². The van der Waals surface area contributed by atoms with Crippen LogP contribution in [0.2, 0.25) is 0 Å². The minimum Gasteiger partial charge on any atom is -0.480 e. The van der Waals surface area contributed by atoms with Crippen molar-refractivity contribution in [2.24, 2.45) is 0 Å². The molecule has 46 valence electrons. The van der Waals surface area contributed by atoms with Crippen molar-refractivity contribution < 1.29 is 14.7 Å². The molecule has 0 saturated heterocycles. The van der Waals surface area contributed by atoms with Crippen molar-refractivity contribution in [3.63, 3.8) is 0 Å². The van der Waals surface area contributed by atoms with E-state index in [9.17, 15) is 9.59 Å². The number of carbonyl (C=O) groups excluding carboxylic acids is 1. The molecule has 0 saturated carbocycles. The summed E-state index contributed by atoms with van der Waals surface area (Å²) in [5.74, 6) is -1.44. The lowest BCUT2D eigenvalue weighted by atomic mass is 10.3. The first-order valence-electron chi connectivity index (χ1n) is 2.04. The molecule has 3 nitrogen and oxygen atoms in total. The van der Waals surface area contributed by atoms with Gasteiger partial charge >= 0.3 is 5.97 Å². The van der Waals surface area contributed by atoms with Crippen LogP contribution in [0.4, 0.5) is 0 Å². The molecule has 0 amide bonds. The van der Waals surface area contributed by atoms with Crippen LogP contribution in [0.25, 0.3) is 0 Å². The first-order valence-corrected chi connectivity index (χ1v) is 2.71. The highest BCUT2D eigenvalue weighted by atomic mass is 31.0. The monoisotopic (exact) mass is 134 g/mol. The van der Waals surface area contributed by atoms with E-state index in [1.54, 1.807) is 0 Å². The van der Waals surface area contributed by atoms with Gasteiger partial charge in [-0.05, 0) is 6.92 Å². The molecule has 0 aliphatic rings. The summed E-state index contributed by atoms with van der Waals surface area (Å²) in [6.07, 6.45) is 0. The van der Waals surface area contributed by atoms with Crippen LogP contribution in [-0.4, -0.2) is 22.5 Å². The average molecular weight is 134 g/mol. The summed E-state index contributed by atoms with van der Waals surface area (Å²) in [5.41, 5.74) is -0.935. The smallest absolute Gasteiger partial charge is 0.317 e. The fraction of sp³-hybridized carbons (Fsp3) is 0.500. The van der Waals surface area contributed by atoms with Gasteiger partial charge in [0, 0.05) is 0 Å². The molecule has 0 bridgehead atoms. The van der Waals surface area contributed by atoms with E-state index in [-0.39, 0.29) is 5.78 Å². The van der Waals surface area contributed by atoms with Crippen molar-refractivity contribution >= 4 is 21.0 Å². The Balaban J connectivity index is 3.83. The Morgan fingerprint density at radius 2 is 2.00 bits per heavy atom. The van der Waals surface area contributed by atoms with Gasteiger partial charge in [-0.1, -0.05) is 0 Å². The Kier molecular flexibility index (Phi) is 2.63. The second-order valence-corrected chi connectivity index (χ2v) is 2.09. The van der Waals surface area contributed by atoms with E-state index in [1.807, 2.05) is 9.24 Å². The Morgan fingerprint density at radius 3 is 2.00 bits per heavy atom. The van der Waals surface area contributed by atoms with Crippen LogP contribution in [0.3, 0.4) is 0 Å². The standard InChI is InChI=1S/C4H7O3P/c1-2(5)3(8)4(6)7/h3H,8H2,1H3,(H,6,7). The lowest BCUT2D eigenvalue weighted by Gasteiger charge is -1.96. The van der Waals surface area contributed by atoms with Crippen molar-refractivity contribution in [3.8, 4) is 0 Å². The van der Waals surface area contributed by atoms with Crippen LogP contribution in [0.15, 0.2) is 0 Å². The molecule has 0 aliphatic heterocycles. The van der Waals surface area contributed by atoms with Crippen molar-refractivity contribution in [1.29, 1.82) is 0 Å². The fourth-order valence-electron chi connectivity index (χ4n) is 0.174. The predicted molar refractivity (Wildman–Crippen MR) is 31.8 cm³/mol. The van der Waals surface area contributed by atoms with Crippen molar-refractivity contribution in [2.45, 2.75) is 12.6 Å². The maximum atomic E-state index is 10.2. The number of carboxylic acid groups (broad SMARTS) is 1. The maximum absolute atomic E-state index is 10.2. The molecular formula is C4H7O3P. The van der Waals surface area contributed by atoms with Crippen LogP contribution >= 0.6 is 9.24 Å². The minimum absolute atomic E-state index is 0.345. The number of carboxylic acids is 1. The van der Waals surface area contributed by atoms with Crippen LogP contribution in [-0.2, 0) is 9.59 Å². The molecule has 0 fully saturated rings. The van der Waals surface area contributed by atoms with E-state index in [4.69, 9.17) is 5.11 Å². The summed E-state index contributed by atoms with van der Waals surface area (Å²) in [4.78, 5) is 20.1. The van der Waals surface area contributed by atoms with Crippen LogP contribution in [0, 0.1) is 0 Å². The second kappa shape index (κ2) is 2.78. The predicted octanol–water partition coefficient (Wildman–Crippen LogP) is -0.0963. The van der Waals surface area contributed by atoms with Crippen molar-refractivity contribution in [1.82, 2.24) is 0 Å². The zero-order valence-corrected chi connectivity index (χ0v) is 5.57. The van der Waals surface area contributed by atoms with Gasteiger partial charge in [0.25, 0.3) is 0 Å².